The molecule has 4 heteroatoms. The molecule has 1 aromatic heterocycles. The fourth-order valence-electron chi connectivity index (χ4n) is 1.54. The summed E-state index contributed by atoms with van der Waals surface area (Å²) >= 11 is 0. The van der Waals surface area contributed by atoms with Crippen LogP contribution in [0.15, 0.2) is 57.5 Å². The second-order valence-electron chi connectivity index (χ2n) is 4.38. The predicted octanol–water partition coefficient (Wildman–Crippen LogP) is 3.30. The summed E-state index contributed by atoms with van der Waals surface area (Å²) in [5.74, 6) is 0.604. The minimum atomic E-state index is -1.36. The molecule has 0 unspecified atom stereocenters. The van der Waals surface area contributed by atoms with E-state index in [1.165, 1.54) is 6.21 Å². The Morgan fingerprint density at radius 2 is 1.89 bits per heavy atom. The maximum absolute atomic E-state index is 12.2. The van der Waals surface area contributed by atoms with Crippen LogP contribution in [0.1, 0.15) is 25.2 Å². The van der Waals surface area contributed by atoms with Crippen LogP contribution in [-0.2, 0) is 15.7 Å². The van der Waals surface area contributed by atoms with Crippen molar-refractivity contribution < 1.29 is 8.63 Å². The minimum absolute atomic E-state index is 0.523. The van der Waals surface area contributed by atoms with Gasteiger partial charge in [-0.2, -0.15) is 4.40 Å². The van der Waals surface area contributed by atoms with E-state index >= 15 is 0 Å². The highest BCUT2D eigenvalue weighted by Gasteiger charge is 2.27. The number of benzene rings is 1. The quantitative estimate of drug-likeness (QED) is 0.792. The molecule has 2 rings (SSSR count). The molecular formula is C14H15NO2S. The molecule has 0 saturated carbocycles. The minimum Gasteiger partial charge on any atom is -0.463 e. The van der Waals surface area contributed by atoms with Gasteiger partial charge in [0.25, 0.3) is 0 Å². The summed E-state index contributed by atoms with van der Waals surface area (Å²) in [5.41, 5.74) is 1.000. The lowest BCUT2D eigenvalue weighted by molar-refractivity contribution is 0.560. The van der Waals surface area contributed by atoms with Crippen LogP contribution in [-0.4, -0.2) is 10.4 Å². The van der Waals surface area contributed by atoms with Crippen LogP contribution in [0.3, 0.4) is 0 Å². The number of rotatable bonds is 4. The molecule has 0 N–H and O–H groups in total. The number of hydrogen-bond donors (Lipinski definition) is 0. The highest BCUT2D eigenvalue weighted by molar-refractivity contribution is 7.84. The van der Waals surface area contributed by atoms with Crippen molar-refractivity contribution in [2.24, 2.45) is 4.40 Å². The maximum Gasteiger partial charge on any atom is 0.149 e. The number of nitrogens with zero attached hydrogens (tertiary/aromatic N) is 1. The van der Waals surface area contributed by atoms with Crippen molar-refractivity contribution in [3.63, 3.8) is 0 Å². The van der Waals surface area contributed by atoms with Gasteiger partial charge in [-0.3, -0.25) is 0 Å². The molecule has 1 heterocycles. The van der Waals surface area contributed by atoms with Gasteiger partial charge in [-0.05, 0) is 31.5 Å². The van der Waals surface area contributed by atoms with Gasteiger partial charge < -0.3 is 4.42 Å². The summed E-state index contributed by atoms with van der Waals surface area (Å²) in [6.07, 6.45) is 3.06. The molecular weight excluding hydrogens is 246 g/mol. The zero-order valence-corrected chi connectivity index (χ0v) is 11.2. The average molecular weight is 261 g/mol. The molecule has 0 amide bonds. The Bertz CT molecular complexity index is 544. The van der Waals surface area contributed by atoms with E-state index in [1.54, 1.807) is 18.4 Å². The first-order valence-corrected chi connectivity index (χ1v) is 6.76. The summed E-state index contributed by atoms with van der Waals surface area (Å²) in [6, 6.07) is 13.3. The second-order valence-corrected chi connectivity index (χ2v) is 6.11. The summed E-state index contributed by atoms with van der Waals surface area (Å²) in [4.78, 5) is 0. The van der Waals surface area contributed by atoms with Gasteiger partial charge in [-0.1, -0.05) is 30.3 Å². The van der Waals surface area contributed by atoms with Crippen LogP contribution < -0.4 is 0 Å². The third-order valence-corrected chi connectivity index (χ3v) is 4.13. The van der Waals surface area contributed by atoms with Crippen LogP contribution in [0.5, 0.6) is 0 Å². The van der Waals surface area contributed by atoms with Crippen LogP contribution >= 0.6 is 0 Å². The molecule has 1 aromatic carbocycles. The lowest BCUT2D eigenvalue weighted by atomic mass is 10.0. The highest BCUT2D eigenvalue weighted by Crippen LogP contribution is 2.27. The Morgan fingerprint density at radius 1 is 1.17 bits per heavy atom. The van der Waals surface area contributed by atoms with E-state index in [4.69, 9.17) is 4.42 Å². The molecule has 94 valence electrons. The third kappa shape index (κ3) is 2.76. The molecule has 18 heavy (non-hydrogen) atoms. The first-order chi connectivity index (χ1) is 8.60. The molecule has 0 aliphatic heterocycles. The second kappa shape index (κ2) is 5.31. The Labute approximate surface area is 109 Å². The molecule has 3 nitrogen and oxygen atoms in total. The van der Waals surface area contributed by atoms with Crippen LogP contribution in [0, 0.1) is 0 Å². The van der Waals surface area contributed by atoms with E-state index in [1.807, 2.05) is 44.2 Å². The molecule has 0 spiro atoms. The highest BCUT2D eigenvalue weighted by atomic mass is 32.2. The Kier molecular flexibility index (Phi) is 3.77. The fourth-order valence-corrected chi connectivity index (χ4v) is 2.34. The van der Waals surface area contributed by atoms with Crippen molar-refractivity contribution in [3.05, 3.63) is 60.1 Å². The molecule has 0 bridgehead atoms. The first-order valence-electron chi connectivity index (χ1n) is 5.66. The molecule has 0 aliphatic rings. The van der Waals surface area contributed by atoms with Crippen molar-refractivity contribution in [1.82, 2.24) is 0 Å². The van der Waals surface area contributed by atoms with E-state index in [-0.39, 0.29) is 0 Å². The van der Waals surface area contributed by atoms with Crippen molar-refractivity contribution in [2.45, 2.75) is 18.6 Å². The fraction of sp³-hybridized carbons (Fsp3) is 0.214. The van der Waals surface area contributed by atoms with Gasteiger partial charge in [0.2, 0.25) is 0 Å². The Morgan fingerprint density at radius 3 is 2.50 bits per heavy atom. The number of furan rings is 1. The van der Waals surface area contributed by atoms with Crippen molar-refractivity contribution in [1.29, 1.82) is 0 Å². The zero-order valence-electron chi connectivity index (χ0n) is 10.4. The molecule has 0 radical (unpaired) electrons. The predicted molar refractivity (Wildman–Crippen MR) is 73.9 cm³/mol. The van der Waals surface area contributed by atoms with Gasteiger partial charge in [-0.25, -0.2) is 4.21 Å². The van der Waals surface area contributed by atoms with Crippen molar-refractivity contribution >= 4 is 17.2 Å². The summed E-state index contributed by atoms with van der Waals surface area (Å²) < 4.78 is 20.9. The molecule has 0 fully saturated rings. The SMILES string of the molecule is CC(C)(c1ccccc1)[S@@](=O)/N=C/c1ccco1. The van der Waals surface area contributed by atoms with E-state index in [0.717, 1.165) is 5.56 Å². The topological polar surface area (TPSA) is 42.6 Å². The van der Waals surface area contributed by atoms with Gasteiger partial charge in [0.1, 0.15) is 16.7 Å². The largest absolute Gasteiger partial charge is 0.463 e. The molecule has 2 aromatic rings. The van der Waals surface area contributed by atoms with Crippen molar-refractivity contribution in [2.75, 3.05) is 0 Å². The van der Waals surface area contributed by atoms with E-state index < -0.39 is 15.7 Å². The van der Waals surface area contributed by atoms with E-state index in [0.29, 0.717) is 5.76 Å². The van der Waals surface area contributed by atoms with E-state index in [9.17, 15) is 4.21 Å². The Balaban J connectivity index is 2.18. The third-order valence-electron chi connectivity index (χ3n) is 2.72. The van der Waals surface area contributed by atoms with Crippen LogP contribution in [0.25, 0.3) is 0 Å². The van der Waals surface area contributed by atoms with Crippen LogP contribution in [0.2, 0.25) is 0 Å². The van der Waals surface area contributed by atoms with Gasteiger partial charge in [0.05, 0.1) is 17.2 Å². The van der Waals surface area contributed by atoms with Crippen molar-refractivity contribution in [3.8, 4) is 0 Å². The lowest BCUT2D eigenvalue weighted by Crippen LogP contribution is -2.22. The normalized spacial score (nSPS) is 13.9. The van der Waals surface area contributed by atoms with Gasteiger partial charge >= 0.3 is 0 Å². The van der Waals surface area contributed by atoms with Gasteiger partial charge in [0.15, 0.2) is 0 Å². The van der Waals surface area contributed by atoms with Gasteiger partial charge in [-0.15, -0.1) is 0 Å². The summed E-state index contributed by atoms with van der Waals surface area (Å²) in [5, 5.41) is 0. The average Bonchev–Trinajstić information content (AvgIpc) is 2.90. The maximum atomic E-state index is 12.2. The zero-order chi connectivity index (χ0) is 13.0. The van der Waals surface area contributed by atoms with Gasteiger partial charge in [0, 0.05) is 0 Å². The monoisotopic (exact) mass is 261 g/mol. The summed E-state index contributed by atoms with van der Waals surface area (Å²) in [7, 11) is -1.36. The molecule has 1 atom stereocenters. The molecule has 0 saturated heterocycles. The number of hydrogen-bond acceptors (Lipinski definition) is 2. The standard InChI is InChI=1S/C14H15NO2S/c1-14(2,12-7-4-3-5-8-12)18(16)15-11-13-9-6-10-17-13/h3-11H,1-2H3/b15-11+/t18-/m1/s1. The van der Waals surface area contributed by atoms with E-state index in [2.05, 4.69) is 4.40 Å². The summed E-state index contributed by atoms with van der Waals surface area (Å²) in [6.45, 7) is 3.83. The lowest BCUT2D eigenvalue weighted by Gasteiger charge is -2.21. The molecule has 0 aliphatic carbocycles. The first kappa shape index (κ1) is 12.8. The Hall–Kier alpha value is -1.68. The van der Waals surface area contributed by atoms with Crippen LogP contribution in [0.4, 0.5) is 0 Å². The smallest absolute Gasteiger partial charge is 0.149 e.